The molecule has 7 N–H and O–H groups in total. The lowest BCUT2D eigenvalue weighted by molar-refractivity contribution is -0.159. The number of carbonyl (C=O) groups is 4. The van der Waals surface area contributed by atoms with E-state index in [9.17, 15) is 27.6 Å². The van der Waals surface area contributed by atoms with Gasteiger partial charge >= 0.3 is 28.4 Å². The lowest BCUT2D eigenvalue weighted by Crippen LogP contribution is -2.44. The first-order valence-corrected chi connectivity index (χ1v) is 14.7. The van der Waals surface area contributed by atoms with E-state index in [1.54, 1.807) is 27.7 Å². The number of rotatable bonds is 17. The number of amides is 3. The summed E-state index contributed by atoms with van der Waals surface area (Å²) < 4.78 is 45.0. The molecular formula is C27H44N4O10S. The molecule has 238 valence electrons. The zero-order chi connectivity index (χ0) is 32.4. The molecule has 0 bridgehead atoms. The third-order valence-corrected chi connectivity index (χ3v) is 7.60. The predicted octanol–water partition coefficient (Wildman–Crippen LogP) is 2.39. The fraction of sp³-hybridized carbons (Fsp3) is 0.630. The topological polar surface area (TPSA) is 226 Å². The monoisotopic (exact) mass is 616 g/mol. The number of primary amides is 1. The Labute approximate surface area is 247 Å². The van der Waals surface area contributed by atoms with Crippen LogP contribution in [0.5, 0.6) is 5.75 Å². The third kappa shape index (κ3) is 11.4. The second-order valence-electron chi connectivity index (χ2n) is 11.5. The molecule has 0 aliphatic rings. The molecule has 0 heterocycles. The van der Waals surface area contributed by atoms with Gasteiger partial charge in [0, 0.05) is 11.1 Å². The van der Waals surface area contributed by atoms with E-state index >= 15 is 0 Å². The lowest BCUT2D eigenvalue weighted by atomic mass is 9.67. The van der Waals surface area contributed by atoms with Crippen molar-refractivity contribution in [3.8, 4) is 5.75 Å². The Hall–Kier alpha value is -3.43. The van der Waals surface area contributed by atoms with Crippen LogP contribution in [0, 0.1) is 22.2 Å². The number of nitrogens with two attached hydrogens (primary N) is 2. The largest absolute Gasteiger partial charge is 0.469 e. The van der Waals surface area contributed by atoms with Gasteiger partial charge in [0.15, 0.2) is 0 Å². The van der Waals surface area contributed by atoms with Gasteiger partial charge in [-0.3, -0.25) is 18.9 Å². The van der Waals surface area contributed by atoms with Crippen molar-refractivity contribution in [3.05, 3.63) is 24.3 Å². The molecular weight excluding hydrogens is 572 g/mol. The number of esters is 2. The van der Waals surface area contributed by atoms with Crippen molar-refractivity contribution in [1.29, 1.82) is 0 Å². The first-order chi connectivity index (χ1) is 19.3. The molecule has 3 amide bonds. The van der Waals surface area contributed by atoms with Crippen LogP contribution in [0.1, 0.15) is 60.3 Å². The Morgan fingerprint density at radius 1 is 1.00 bits per heavy atom. The molecule has 1 aromatic rings. The van der Waals surface area contributed by atoms with Gasteiger partial charge in [-0.25, -0.2) is 4.79 Å². The van der Waals surface area contributed by atoms with Crippen molar-refractivity contribution in [2.75, 3.05) is 32.1 Å². The van der Waals surface area contributed by atoms with E-state index in [-0.39, 0.29) is 50.2 Å². The van der Waals surface area contributed by atoms with Gasteiger partial charge in [0.2, 0.25) is 5.91 Å². The van der Waals surface area contributed by atoms with Crippen LogP contribution >= 0.6 is 0 Å². The zero-order valence-electron chi connectivity index (χ0n) is 25.0. The molecule has 14 nitrogen and oxygen atoms in total. The minimum Gasteiger partial charge on any atom is -0.469 e. The minimum atomic E-state index is -4.67. The van der Waals surface area contributed by atoms with Crippen molar-refractivity contribution in [3.63, 3.8) is 0 Å². The molecule has 0 saturated heterocycles. The molecule has 1 rings (SSSR count). The fourth-order valence-electron chi connectivity index (χ4n) is 4.79. The summed E-state index contributed by atoms with van der Waals surface area (Å²) in [6.45, 7) is 8.53. The van der Waals surface area contributed by atoms with Gasteiger partial charge in [0.25, 0.3) is 0 Å². The molecule has 42 heavy (non-hydrogen) atoms. The number of hydrogen-bond donors (Lipinski definition) is 5. The maximum Gasteiger partial charge on any atom is 0.446 e. The molecule has 0 spiro atoms. The molecule has 0 aliphatic heterocycles. The van der Waals surface area contributed by atoms with Crippen molar-refractivity contribution in [1.82, 2.24) is 5.32 Å². The van der Waals surface area contributed by atoms with Crippen molar-refractivity contribution < 1.29 is 45.8 Å². The quantitative estimate of drug-likeness (QED) is 0.0969. The van der Waals surface area contributed by atoms with Crippen LogP contribution in [-0.2, 0) is 34.3 Å². The highest BCUT2D eigenvalue weighted by molar-refractivity contribution is 7.81. The van der Waals surface area contributed by atoms with E-state index in [0.717, 1.165) is 0 Å². The Balaban J connectivity index is 2.88. The van der Waals surface area contributed by atoms with Crippen LogP contribution in [-0.4, -0.2) is 63.7 Å². The smallest absolute Gasteiger partial charge is 0.446 e. The van der Waals surface area contributed by atoms with Crippen LogP contribution in [0.4, 0.5) is 10.5 Å². The van der Waals surface area contributed by atoms with Gasteiger partial charge in [0.05, 0.1) is 24.5 Å². The number of methoxy groups -OCH3 is 1. The second kappa shape index (κ2) is 15.2. The molecule has 0 aliphatic carbocycles. The fourth-order valence-corrected chi connectivity index (χ4v) is 5.15. The predicted molar refractivity (Wildman–Crippen MR) is 154 cm³/mol. The van der Waals surface area contributed by atoms with E-state index < -0.39 is 44.6 Å². The highest BCUT2D eigenvalue weighted by atomic mass is 32.3. The summed E-state index contributed by atoms with van der Waals surface area (Å²) in [5.41, 5.74) is 8.90. The van der Waals surface area contributed by atoms with Gasteiger partial charge in [-0.05, 0) is 76.3 Å². The highest BCUT2D eigenvalue weighted by Crippen LogP contribution is 2.43. The van der Waals surface area contributed by atoms with E-state index in [1.807, 2.05) is 6.92 Å². The van der Waals surface area contributed by atoms with Crippen molar-refractivity contribution in [2.24, 2.45) is 33.6 Å². The van der Waals surface area contributed by atoms with Gasteiger partial charge in [0.1, 0.15) is 12.4 Å². The first kappa shape index (κ1) is 36.6. The maximum atomic E-state index is 13.4. The Kier molecular flexibility index (Phi) is 13.2. The van der Waals surface area contributed by atoms with Crippen LogP contribution in [0.25, 0.3) is 0 Å². The Morgan fingerprint density at radius 2 is 1.57 bits per heavy atom. The molecule has 0 aromatic heterocycles. The van der Waals surface area contributed by atoms with Crippen molar-refractivity contribution in [2.45, 2.75) is 60.3 Å². The van der Waals surface area contributed by atoms with E-state index in [2.05, 4.69) is 14.8 Å². The van der Waals surface area contributed by atoms with Crippen LogP contribution in [0.2, 0.25) is 0 Å². The number of hydrogen-bond acceptors (Lipinski definition) is 10. The normalized spacial score (nSPS) is 15.3. The number of nitrogens with one attached hydrogen (secondary N) is 2. The molecule has 0 radical (unpaired) electrons. The minimum absolute atomic E-state index is 0.0482. The van der Waals surface area contributed by atoms with E-state index in [4.69, 9.17) is 25.5 Å². The third-order valence-electron chi connectivity index (χ3n) is 7.20. The summed E-state index contributed by atoms with van der Waals surface area (Å²) in [5, 5.41) is 5.03. The summed E-state index contributed by atoms with van der Waals surface area (Å²) in [6, 6.07) is 4.52. The molecule has 15 heteroatoms. The van der Waals surface area contributed by atoms with Crippen LogP contribution in [0.15, 0.2) is 24.3 Å². The van der Waals surface area contributed by atoms with Gasteiger partial charge < -0.3 is 35.8 Å². The van der Waals surface area contributed by atoms with Gasteiger partial charge in [-0.2, -0.15) is 8.42 Å². The number of benzene rings is 1. The molecule has 3 atom stereocenters. The average molecular weight is 617 g/mol. The summed E-state index contributed by atoms with van der Waals surface area (Å²) in [4.78, 5) is 50.2. The van der Waals surface area contributed by atoms with E-state index in [0.29, 0.717) is 18.5 Å². The SMILES string of the molecule is CCC(C)(CC(CN)CC(C)(CC(C)(C)C(N)=O)C(=O)OCCNC(=O)Nc1ccc(OS(=O)(=O)O)cc1)C(=O)OC. The molecule has 3 unspecified atom stereocenters. The van der Waals surface area contributed by atoms with Crippen LogP contribution in [0.3, 0.4) is 0 Å². The maximum absolute atomic E-state index is 13.4. The number of anilines is 1. The zero-order valence-corrected chi connectivity index (χ0v) is 25.8. The summed E-state index contributed by atoms with van der Waals surface area (Å²) in [5.74, 6) is -2.01. The average Bonchev–Trinajstić information content (AvgIpc) is 2.89. The van der Waals surface area contributed by atoms with E-state index in [1.165, 1.54) is 31.4 Å². The van der Waals surface area contributed by atoms with Gasteiger partial charge in [-0.15, -0.1) is 0 Å². The van der Waals surface area contributed by atoms with Crippen molar-refractivity contribution >= 4 is 40.0 Å². The van der Waals surface area contributed by atoms with Gasteiger partial charge in [-0.1, -0.05) is 20.8 Å². The summed E-state index contributed by atoms with van der Waals surface area (Å²) in [6.07, 6.45) is 1.14. The Bertz CT molecular complexity index is 1210. The number of ether oxygens (including phenoxy) is 2. The first-order valence-electron chi connectivity index (χ1n) is 13.4. The molecule has 1 aromatic carbocycles. The van der Waals surface area contributed by atoms with Crippen LogP contribution < -0.4 is 26.3 Å². The summed E-state index contributed by atoms with van der Waals surface area (Å²) in [7, 11) is -3.36. The molecule has 0 saturated carbocycles. The lowest BCUT2D eigenvalue weighted by Gasteiger charge is -2.38. The Morgan fingerprint density at radius 3 is 2.05 bits per heavy atom. The number of carbonyl (C=O) groups excluding carboxylic acids is 4. The standard InChI is InChI=1S/C27H44N4O10S/c1-7-26(4,22(33)39-6)14-18(16-28)15-27(5,17-25(2,3)21(29)32)23(34)40-13-12-30-24(35)31-19-8-10-20(11-9-19)41-42(36,37)38/h8-11,18H,7,12-17,28H2,1-6H3,(H2,29,32)(H2,30,31,35)(H,36,37,38). The second-order valence-corrected chi connectivity index (χ2v) is 12.5. The summed E-state index contributed by atoms with van der Waals surface area (Å²) >= 11 is 0. The highest BCUT2D eigenvalue weighted by Gasteiger charge is 2.45. The number of urea groups is 1. The molecule has 0 fully saturated rings.